The van der Waals surface area contributed by atoms with Crippen LogP contribution in [0.25, 0.3) is 0 Å². The van der Waals surface area contributed by atoms with E-state index in [4.69, 9.17) is 9.47 Å². The van der Waals surface area contributed by atoms with E-state index in [0.29, 0.717) is 24.8 Å². The number of fused-ring (bicyclic) bond motifs is 2. The van der Waals surface area contributed by atoms with Gasteiger partial charge in [-0.15, -0.1) is 0 Å². The number of nitrogens with one attached hydrogen (secondary N) is 2. The Morgan fingerprint density at radius 3 is 2.73 bits per heavy atom. The molecule has 2 aliphatic heterocycles. The Labute approximate surface area is 237 Å². The van der Waals surface area contributed by atoms with E-state index in [-0.39, 0.29) is 46.3 Å². The van der Waals surface area contributed by atoms with Gasteiger partial charge in [0.1, 0.15) is 17.7 Å². The fraction of sp³-hybridized carbons (Fsp3) is 0.750. The monoisotopic (exact) mass is 551 g/mol. The first-order chi connectivity index (χ1) is 19.1. The highest BCUT2D eigenvalue weighted by atomic mass is 16.6. The number of hydrogen-bond acceptors (Lipinski definition) is 6. The van der Waals surface area contributed by atoms with Gasteiger partial charge in [-0.3, -0.25) is 14.5 Å². The second-order valence-corrected chi connectivity index (χ2v) is 14.2. The zero-order valence-corrected chi connectivity index (χ0v) is 24.4. The van der Waals surface area contributed by atoms with Crippen LogP contribution in [0.1, 0.15) is 76.8 Å². The van der Waals surface area contributed by atoms with Crippen molar-refractivity contribution in [1.82, 2.24) is 15.5 Å². The number of nitrogens with zero attached hydrogens (tertiary/aromatic N) is 1. The molecule has 5 fully saturated rings. The lowest BCUT2D eigenvalue weighted by Crippen LogP contribution is -2.81. The average molecular weight is 552 g/mol. The van der Waals surface area contributed by atoms with Crippen molar-refractivity contribution in [2.45, 2.75) is 101 Å². The number of benzene rings is 1. The second-order valence-electron chi connectivity index (χ2n) is 14.2. The second kappa shape index (κ2) is 9.09. The minimum absolute atomic E-state index is 0.0154. The highest BCUT2D eigenvalue weighted by molar-refractivity contribution is 5.86. The van der Waals surface area contributed by atoms with Gasteiger partial charge in [-0.05, 0) is 81.4 Å². The number of methoxy groups -OCH3 is 1. The van der Waals surface area contributed by atoms with Crippen LogP contribution in [0.15, 0.2) is 12.1 Å². The lowest BCUT2D eigenvalue weighted by Gasteiger charge is -2.74. The smallest absolute Gasteiger partial charge is 0.242 e. The Morgan fingerprint density at radius 1 is 1.23 bits per heavy atom. The van der Waals surface area contributed by atoms with Crippen LogP contribution in [0.4, 0.5) is 0 Å². The third kappa shape index (κ3) is 3.50. The van der Waals surface area contributed by atoms with Gasteiger partial charge in [0.05, 0.1) is 0 Å². The van der Waals surface area contributed by atoms with Crippen LogP contribution < -0.4 is 15.4 Å². The lowest BCUT2D eigenvalue weighted by molar-refractivity contribution is -0.276. The maximum atomic E-state index is 13.4. The number of ether oxygens (including phenoxy) is 2. The van der Waals surface area contributed by atoms with Crippen LogP contribution in [0.5, 0.6) is 11.5 Å². The normalized spacial score (nSPS) is 37.6. The van der Waals surface area contributed by atoms with Crippen molar-refractivity contribution in [2.75, 3.05) is 26.7 Å². The molecule has 1 saturated heterocycles. The summed E-state index contributed by atoms with van der Waals surface area (Å²) in [5.41, 5.74) is 1.87. The van der Waals surface area contributed by atoms with Gasteiger partial charge in [0.2, 0.25) is 11.8 Å². The van der Waals surface area contributed by atoms with Crippen molar-refractivity contribution >= 4 is 11.8 Å². The molecule has 0 aromatic heterocycles. The number of phenols is 1. The SMILES string of the molecule is COC12CC[C@@]3(CC1CNC(=O)[C@H](CC(C)C)NC(C)=O)[C@H]1Cc4ccc(O)c5c4[C@@]3(CCN1CC1CC1)C2O5. The first-order valence-electron chi connectivity index (χ1n) is 15.5. The number of phenolic OH excluding ortho intramolecular Hbond substituents is 1. The van der Waals surface area contributed by atoms with E-state index in [1.54, 1.807) is 7.11 Å². The molecule has 2 amide bonds. The quantitative estimate of drug-likeness (QED) is 0.436. The highest BCUT2D eigenvalue weighted by Crippen LogP contribution is 2.76. The molecule has 2 heterocycles. The molecule has 0 radical (unpaired) electrons. The van der Waals surface area contributed by atoms with Gasteiger partial charge in [0, 0.05) is 55.5 Å². The zero-order valence-electron chi connectivity index (χ0n) is 24.4. The molecule has 4 bridgehead atoms. The third-order valence-corrected chi connectivity index (χ3v) is 11.7. The Bertz CT molecular complexity index is 1230. The molecule has 7 atom stereocenters. The van der Waals surface area contributed by atoms with E-state index in [1.807, 2.05) is 6.07 Å². The number of rotatable bonds is 9. The van der Waals surface area contributed by atoms with E-state index in [1.165, 1.54) is 37.4 Å². The van der Waals surface area contributed by atoms with Crippen LogP contribution in [0.3, 0.4) is 0 Å². The Kier molecular flexibility index (Phi) is 6.04. The molecule has 4 saturated carbocycles. The molecular formula is C32H45N3O5. The first kappa shape index (κ1) is 26.6. The van der Waals surface area contributed by atoms with Gasteiger partial charge >= 0.3 is 0 Å². The molecule has 1 aromatic rings. The zero-order chi connectivity index (χ0) is 28.0. The summed E-state index contributed by atoms with van der Waals surface area (Å²) in [6, 6.07) is 3.84. The van der Waals surface area contributed by atoms with Crippen LogP contribution in [-0.2, 0) is 26.2 Å². The van der Waals surface area contributed by atoms with E-state index in [0.717, 1.165) is 44.6 Å². The Balaban J connectivity index is 1.26. The molecule has 2 spiro atoms. The summed E-state index contributed by atoms with van der Waals surface area (Å²) in [5, 5.41) is 17.1. The summed E-state index contributed by atoms with van der Waals surface area (Å²) < 4.78 is 13.4. The summed E-state index contributed by atoms with van der Waals surface area (Å²) in [4.78, 5) is 28.1. The number of aromatic hydroxyl groups is 1. The van der Waals surface area contributed by atoms with Crippen molar-refractivity contribution in [1.29, 1.82) is 0 Å². The summed E-state index contributed by atoms with van der Waals surface area (Å²) in [6.07, 6.45) is 8.03. The van der Waals surface area contributed by atoms with Crippen molar-refractivity contribution < 1.29 is 24.2 Å². The topological polar surface area (TPSA) is 100 Å². The summed E-state index contributed by atoms with van der Waals surface area (Å²) in [5.74, 6) is 1.78. The molecule has 8 nitrogen and oxygen atoms in total. The molecule has 3 N–H and O–H groups in total. The van der Waals surface area contributed by atoms with Crippen molar-refractivity contribution in [3.63, 3.8) is 0 Å². The number of carbonyl (C=O) groups excluding carboxylic acids is 2. The molecule has 7 aliphatic rings. The van der Waals surface area contributed by atoms with Gasteiger partial charge < -0.3 is 25.2 Å². The summed E-state index contributed by atoms with van der Waals surface area (Å²) in [7, 11) is 1.80. The summed E-state index contributed by atoms with van der Waals surface area (Å²) >= 11 is 0. The van der Waals surface area contributed by atoms with Crippen LogP contribution >= 0.6 is 0 Å². The number of likely N-dealkylation sites (tertiary alicyclic amines) is 1. The Hall–Kier alpha value is -2.32. The predicted octanol–water partition coefficient (Wildman–Crippen LogP) is 3.28. The standard InChI is InChI=1S/C32H45N3O5/c1-18(2)13-23(34-19(3)36)28(38)33-16-22-15-30-9-10-32(22,39-4)29-31(30)11-12-35(17-20-5-6-20)25(30)14-21-7-8-24(37)27(40-29)26(21)31/h7-8,18,20,22-23,25,29,37H,5-6,9-17H2,1-4H3,(H,33,38)(H,34,36)/t22?,23-,25+,29?,30+,31-,32?/m0/s1. The van der Waals surface area contributed by atoms with Crippen molar-refractivity contribution in [3.8, 4) is 11.5 Å². The van der Waals surface area contributed by atoms with Gasteiger partial charge in [-0.1, -0.05) is 19.9 Å². The molecule has 3 unspecified atom stereocenters. The number of piperidine rings is 1. The molecule has 8 rings (SSSR count). The van der Waals surface area contributed by atoms with Gasteiger partial charge in [0.25, 0.3) is 0 Å². The molecule has 8 heteroatoms. The van der Waals surface area contributed by atoms with E-state index in [2.05, 4.69) is 35.4 Å². The molecular weight excluding hydrogens is 506 g/mol. The van der Waals surface area contributed by atoms with Gasteiger partial charge in [-0.2, -0.15) is 0 Å². The number of carbonyl (C=O) groups is 2. The molecule has 40 heavy (non-hydrogen) atoms. The number of hydrogen-bond donors (Lipinski definition) is 3. The Morgan fingerprint density at radius 2 is 2.02 bits per heavy atom. The minimum Gasteiger partial charge on any atom is -0.504 e. The minimum atomic E-state index is -0.556. The molecule has 218 valence electrons. The van der Waals surface area contributed by atoms with Crippen LogP contribution in [0, 0.1) is 23.2 Å². The molecule has 1 aromatic carbocycles. The maximum absolute atomic E-state index is 13.4. The number of amides is 2. The average Bonchev–Trinajstić information content (AvgIpc) is 3.66. The lowest BCUT2D eigenvalue weighted by atomic mass is 9.35. The first-order valence-corrected chi connectivity index (χ1v) is 15.5. The fourth-order valence-corrected chi connectivity index (χ4v) is 10.1. The maximum Gasteiger partial charge on any atom is 0.242 e. The van der Waals surface area contributed by atoms with E-state index in [9.17, 15) is 14.7 Å². The van der Waals surface area contributed by atoms with Gasteiger partial charge in [-0.25, -0.2) is 0 Å². The van der Waals surface area contributed by atoms with Crippen LogP contribution in [-0.4, -0.2) is 72.4 Å². The highest BCUT2D eigenvalue weighted by Gasteiger charge is 2.80. The van der Waals surface area contributed by atoms with Crippen LogP contribution in [0.2, 0.25) is 0 Å². The fourth-order valence-electron chi connectivity index (χ4n) is 10.1. The van der Waals surface area contributed by atoms with Crippen molar-refractivity contribution in [2.24, 2.45) is 23.2 Å². The van der Waals surface area contributed by atoms with Gasteiger partial charge in [0.15, 0.2) is 11.5 Å². The van der Waals surface area contributed by atoms with E-state index < -0.39 is 11.6 Å². The third-order valence-electron chi connectivity index (χ3n) is 11.7. The summed E-state index contributed by atoms with van der Waals surface area (Å²) in [6.45, 7) is 8.32. The van der Waals surface area contributed by atoms with E-state index >= 15 is 0 Å². The predicted molar refractivity (Wildman–Crippen MR) is 150 cm³/mol. The van der Waals surface area contributed by atoms with Crippen molar-refractivity contribution in [3.05, 3.63) is 23.3 Å². The molecule has 5 aliphatic carbocycles. The largest absolute Gasteiger partial charge is 0.504 e.